The zero-order valence-corrected chi connectivity index (χ0v) is 9.88. The highest BCUT2D eigenvalue weighted by atomic mass is 15.2. The Hall–Kier alpha value is -1.18. The van der Waals surface area contributed by atoms with Gasteiger partial charge in [0.1, 0.15) is 0 Å². The van der Waals surface area contributed by atoms with Crippen LogP contribution in [0.2, 0.25) is 0 Å². The molecule has 0 saturated carbocycles. The Morgan fingerprint density at radius 1 is 1.40 bits per heavy atom. The molecule has 2 heteroatoms. The topological polar surface area (TPSA) is 15.3 Å². The maximum Gasteiger partial charge on any atom is 0.0632 e. The van der Waals surface area contributed by atoms with E-state index in [2.05, 4.69) is 49.2 Å². The summed E-state index contributed by atoms with van der Waals surface area (Å²) in [6.07, 6.45) is 0. The van der Waals surface area contributed by atoms with Gasteiger partial charge in [0.25, 0.3) is 0 Å². The smallest absolute Gasteiger partial charge is 0.0632 e. The fourth-order valence-corrected chi connectivity index (χ4v) is 2.28. The Morgan fingerprint density at radius 2 is 2.20 bits per heavy atom. The van der Waals surface area contributed by atoms with Crippen molar-refractivity contribution in [2.45, 2.75) is 20.8 Å². The number of hydrogen-bond acceptors (Lipinski definition) is 2. The van der Waals surface area contributed by atoms with Crippen LogP contribution in [-0.4, -0.2) is 19.6 Å². The lowest BCUT2D eigenvalue weighted by atomic mass is 10.1. The third-order valence-electron chi connectivity index (χ3n) is 2.84. The van der Waals surface area contributed by atoms with E-state index in [1.807, 2.05) is 0 Å². The van der Waals surface area contributed by atoms with Crippen molar-refractivity contribution in [3.63, 3.8) is 0 Å². The van der Waals surface area contributed by atoms with Crippen LogP contribution in [0.15, 0.2) is 18.2 Å². The van der Waals surface area contributed by atoms with Gasteiger partial charge in [0.05, 0.1) is 11.4 Å². The first-order chi connectivity index (χ1) is 7.18. The van der Waals surface area contributed by atoms with Crippen LogP contribution in [0.4, 0.5) is 11.4 Å². The maximum absolute atomic E-state index is 3.46. The fourth-order valence-electron chi connectivity index (χ4n) is 2.28. The molecule has 0 unspecified atom stereocenters. The number of aryl methyl sites for hydroxylation is 1. The Kier molecular flexibility index (Phi) is 2.85. The lowest BCUT2D eigenvalue weighted by molar-refractivity contribution is 0.609. The number of hydrogen-bond donors (Lipinski definition) is 1. The molecule has 0 bridgehead atoms. The minimum Gasteiger partial charge on any atom is -0.382 e. The van der Waals surface area contributed by atoms with Crippen LogP contribution in [0.5, 0.6) is 0 Å². The molecular formula is C13H20N2. The van der Waals surface area contributed by atoms with Gasteiger partial charge >= 0.3 is 0 Å². The molecule has 15 heavy (non-hydrogen) atoms. The molecule has 0 aliphatic carbocycles. The van der Waals surface area contributed by atoms with Gasteiger partial charge in [0.2, 0.25) is 0 Å². The number of para-hydroxylation sites is 1. The van der Waals surface area contributed by atoms with E-state index in [0.717, 1.165) is 25.6 Å². The van der Waals surface area contributed by atoms with Gasteiger partial charge in [-0.1, -0.05) is 26.0 Å². The van der Waals surface area contributed by atoms with Crippen LogP contribution in [0, 0.1) is 12.8 Å². The van der Waals surface area contributed by atoms with Crippen LogP contribution in [-0.2, 0) is 0 Å². The average Bonchev–Trinajstić information content (AvgIpc) is 2.17. The van der Waals surface area contributed by atoms with E-state index in [9.17, 15) is 0 Å². The van der Waals surface area contributed by atoms with E-state index in [-0.39, 0.29) is 0 Å². The predicted molar refractivity (Wildman–Crippen MR) is 66.7 cm³/mol. The summed E-state index contributed by atoms with van der Waals surface area (Å²) in [6, 6.07) is 6.49. The highest BCUT2D eigenvalue weighted by Gasteiger charge is 2.18. The van der Waals surface area contributed by atoms with Crippen molar-refractivity contribution in [2.24, 2.45) is 5.92 Å². The SMILES string of the molecule is Cc1cccc2c1N(CC(C)C)CCN2. The molecule has 1 N–H and O–H groups in total. The van der Waals surface area contributed by atoms with Crippen molar-refractivity contribution < 1.29 is 0 Å². The quantitative estimate of drug-likeness (QED) is 0.797. The monoisotopic (exact) mass is 204 g/mol. The number of rotatable bonds is 2. The van der Waals surface area contributed by atoms with Crippen molar-refractivity contribution in [3.05, 3.63) is 23.8 Å². The molecule has 1 aromatic carbocycles. The van der Waals surface area contributed by atoms with Gasteiger partial charge in [-0.3, -0.25) is 0 Å². The van der Waals surface area contributed by atoms with Crippen LogP contribution in [0.1, 0.15) is 19.4 Å². The van der Waals surface area contributed by atoms with Gasteiger partial charge in [0.15, 0.2) is 0 Å². The molecule has 1 aliphatic heterocycles. The van der Waals surface area contributed by atoms with Crippen LogP contribution in [0.25, 0.3) is 0 Å². The van der Waals surface area contributed by atoms with E-state index < -0.39 is 0 Å². The summed E-state index contributed by atoms with van der Waals surface area (Å²) in [7, 11) is 0. The number of nitrogens with zero attached hydrogens (tertiary/aromatic N) is 1. The van der Waals surface area contributed by atoms with Crippen LogP contribution in [0.3, 0.4) is 0 Å². The van der Waals surface area contributed by atoms with Gasteiger partial charge in [-0.2, -0.15) is 0 Å². The second-order valence-electron chi connectivity index (χ2n) is 4.74. The summed E-state index contributed by atoms with van der Waals surface area (Å²) in [5.74, 6) is 0.718. The van der Waals surface area contributed by atoms with Crippen LogP contribution < -0.4 is 10.2 Å². The molecule has 1 aliphatic rings. The van der Waals surface area contributed by atoms with Crippen molar-refractivity contribution >= 4 is 11.4 Å². The molecule has 2 nitrogen and oxygen atoms in total. The van der Waals surface area contributed by atoms with E-state index in [4.69, 9.17) is 0 Å². The van der Waals surface area contributed by atoms with Crippen molar-refractivity contribution in [2.75, 3.05) is 29.9 Å². The predicted octanol–water partition coefficient (Wildman–Crippen LogP) is 2.88. The Balaban J connectivity index is 2.32. The first-order valence-electron chi connectivity index (χ1n) is 5.77. The molecule has 0 atom stereocenters. The van der Waals surface area contributed by atoms with E-state index >= 15 is 0 Å². The third kappa shape index (κ3) is 2.09. The fraction of sp³-hybridized carbons (Fsp3) is 0.538. The number of nitrogens with one attached hydrogen (secondary N) is 1. The molecule has 1 aromatic rings. The van der Waals surface area contributed by atoms with E-state index in [1.165, 1.54) is 16.9 Å². The summed E-state index contributed by atoms with van der Waals surface area (Å²) < 4.78 is 0. The summed E-state index contributed by atoms with van der Waals surface area (Å²) >= 11 is 0. The largest absolute Gasteiger partial charge is 0.382 e. The number of benzene rings is 1. The Labute approximate surface area is 92.3 Å². The van der Waals surface area contributed by atoms with Crippen molar-refractivity contribution in [1.29, 1.82) is 0 Å². The van der Waals surface area contributed by atoms with Gasteiger partial charge in [0, 0.05) is 19.6 Å². The summed E-state index contributed by atoms with van der Waals surface area (Å²) in [5, 5.41) is 3.46. The third-order valence-corrected chi connectivity index (χ3v) is 2.84. The highest BCUT2D eigenvalue weighted by Crippen LogP contribution is 2.32. The van der Waals surface area contributed by atoms with Crippen molar-refractivity contribution in [3.8, 4) is 0 Å². The summed E-state index contributed by atoms with van der Waals surface area (Å²) in [4.78, 5) is 2.51. The zero-order valence-electron chi connectivity index (χ0n) is 9.88. The Morgan fingerprint density at radius 3 is 2.93 bits per heavy atom. The zero-order chi connectivity index (χ0) is 10.8. The number of fused-ring (bicyclic) bond motifs is 1. The molecular weight excluding hydrogens is 184 g/mol. The van der Waals surface area contributed by atoms with Gasteiger partial charge in [-0.25, -0.2) is 0 Å². The van der Waals surface area contributed by atoms with Gasteiger partial charge in [-0.05, 0) is 24.5 Å². The molecule has 0 saturated heterocycles. The molecule has 2 rings (SSSR count). The van der Waals surface area contributed by atoms with Gasteiger partial charge in [-0.15, -0.1) is 0 Å². The minimum atomic E-state index is 0.718. The van der Waals surface area contributed by atoms with Crippen LogP contribution >= 0.6 is 0 Å². The molecule has 1 heterocycles. The molecule has 0 radical (unpaired) electrons. The minimum absolute atomic E-state index is 0.718. The molecule has 0 spiro atoms. The normalized spacial score (nSPS) is 15.1. The van der Waals surface area contributed by atoms with E-state index in [0.29, 0.717) is 0 Å². The molecule has 0 aromatic heterocycles. The van der Waals surface area contributed by atoms with Crippen molar-refractivity contribution in [1.82, 2.24) is 0 Å². The molecule has 82 valence electrons. The molecule has 0 amide bonds. The Bertz CT molecular complexity index is 344. The standard InChI is InChI=1S/C13H20N2/c1-10(2)9-15-8-7-14-12-6-4-5-11(3)13(12)15/h4-6,10,14H,7-9H2,1-3H3. The summed E-state index contributed by atoms with van der Waals surface area (Å²) in [6.45, 7) is 10.1. The first kappa shape index (κ1) is 10.3. The number of anilines is 2. The average molecular weight is 204 g/mol. The second-order valence-corrected chi connectivity index (χ2v) is 4.74. The maximum atomic E-state index is 3.46. The second kappa shape index (κ2) is 4.13. The lowest BCUT2D eigenvalue weighted by Crippen LogP contribution is -2.37. The van der Waals surface area contributed by atoms with Gasteiger partial charge < -0.3 is 10.2 Å². The summed E-state index contributed by atoms with van der Waals surface area (Å²) in [5.41, 5.74) is 4.07. The molecule has 0 fully saturated rings. The van der Waals surface area contributed by atoms with E-state index in [1.54, 1.807) is 0 Å². The lowest BCUT2D eigenvalue weighted by Gasteiger charge is -2.34. The highest BCUT2D eigenvalue weighted by molar-refractivity contribution is 5.75. The first-order valence-corrected chi connectivity index (χ1v) is 5.77.